The molecule has 130 valence electrons. The first-order valence-electron chi connectivity index (χ1n) is 8.79. The Morgan fingerprint density at radius 2 is 2.04 bits per heavy atom. The van der Waals surface area contributed by atoms with Gasteiger partial charge in [0.25, 0.3) is 0 Å². The second-order valence-corrected chi connectivity index (χ2v) is 6.92. The van der Waals surface area contributed by atoms with E-state index in [-0.39, 0.29) is 17.3 Å². The van der Waals surface area contributed by atoms with E-state index in [1.165, 1.54) is 6.07 Å². The lowest BCUT2D eigenvalue weighted by Crippen LogP contribution is -2.51. The van der Waals surface area contributed by atoms with Gasteiger partial charge in [-0.3, -0.25) is 9.78 Å². The molecule has 3 heterocycles. The van der Waals surface area contributed by atoms with Gasteiger partial charge in [0.2, 0.25) is 5.91 Å². The van der Waals surface area contributed by atoms with E-state index in [1.54, 1.807) is 18.3 Å². The fraction of sp³-hybridized carbons (Fsp3) is 0.400. The summed E-state index contributed by atoms with van der Waals surface area (Å²) in [5.41, 5.74) is 1.53. The minimum atomic E-state index is -0.216. The van der Waals surface area contributed by atoms with Crippen LogP contribution in [-0.4, -0.2) is 34.5 Å². The monoisotopic (exact) mass is 340 g/mol. The van der Waals surface area contributed by atoms with Crippen LogP contribution in [0.3, 0.4) is 0 Å². The third-order valence-electron chi connectivity index (χ3n) is 5.28. The largest absolute Gasteiger partial charge is 0.487 e. The molecule has 0 atom stereocenters. The van der Waals surface area contributed by atoms with E-state index in [0.717, 1.165) is 42.7 Å². The van der Waals surface area contributed by atoms with E-state index >= 15 is 0 Å². The van der Waals surface area contributed by atoms with Gasteiger partial charge in [0.05, 0.1) is 6.42 Å². The van der Waals surface area contributed by atoms with Crippen LogP contribution in [0.25, 0.3) is 0 Å². The van der Waals surface area contributed by atoms with Crippen LogP contribution < -0.4 is 4.74 Å². The van der Waals surface area contributed by atoms with Crippen LogP contribution in [0.4, 0.5) is 4.39 Å². The number of piperidine rings is 1. The van der Waals surface area contributed by atoms with Crippen molar-refractivity contribution in [3.05, 3.63) is 59.7 Å². The molecule has 0 aliphatic carbocycles. The maximum Gasteiger partial charge on any atom is 0.228 e. The van der Waals surface area contributed by atoms with Gasteiger partial charge in [-0.25, -0.2) is 4.39 Å². The van der Waals surface area contributed by atoms with E-state index < -0.39 is 0 Å². The Balaban J connectivity index is 1.38. The zero-order valence-corrected chi connectivity index (χ0v) is 14.1. The number of amides is 1. The van der Waals surface area contributed by atoms with Gasteiger partial charge in [0.1, 0.15) is 17.2 Å². The lowest BCUT2D eigenvalue weighted by Gasteiger charge is -2.44. The third-order valence-corrected chi connectivity index (χ3v) is 5.28. The number of carbonyl (C=O) groups is 1. The molecule has 1 fully saturated rings. The molecular formula is C20H21FN2O2. The van der Waals surface area contributed by atoms with Gasteiger partial charge in [-0.1, -0.05) is 6.07 Å². The van der Waals surface area contributed by atoms with Crippen molar-refractivity contribution >= 4 is 5.91 Å². The number of pyridine rings is 1. The van der Waals surface area contributed by atoms with Crippen molar-refractivity contribution in [2.75, 3.05) is 13.1 Å². The number of fused-ring (bicyclic) bond motifs is 1. The zero-order valence-electron chi connectivity index (χ0n) is 14.1. The second kappa shape index (κ2) is 6.47. The van der Waals surface area contributed by atoms with E-state index in [0.29, 0.717) is 19.5 Å². The number of ether oxygens (including phenoxy) is 1. The Morgan fingerprint density at radius 1 is 1.20 bits per heavy atom. The molecule has 4 rings (SSSR count). The Morgan fingerprint density at radius 3 is 2.80 bits per heavy atom. The SMILES string of the molecule is O=C(Cc1ccccn1)N1CCC2(CCc3cc(F)ccc3O2)CC1. The van der Waals surface area contributed by atoms with E-state index in [4.69, 9.17) is 4.74 Å². The summed E-state index contributed by atoms with van der Waals surface area (Å²) >= 11 is 0. The summed E-state index contributed by atoms with van der Waals surface area (Å²) in [7, 11) is 0. The molecule has 2 aliphatic heterocycles. The molecule has 0 saturated carbocycles. The first kappa shape index (κ1) is 16.1. The number of nitrogens with zero attached hydrogens (tertiary/aromatic N) is 2. The number of halogens is 1. The van der Waals surface area contributed by atoms with Crippen molar-refractivity contribution in [1.82, 2.24) is 9.88 Å². The molecule has 1 spiro atoms. The van der Waals surface area contributed by atoms with Crippen LogP contribution in [0.1, 0.15) is 30.5 Å². The molecular weight excluding hydrogens is 319 g/mol. The highest BCUT2D eigenvalue weighted by molar-refractivity contribution is 5.78. The van der Waals surface area contributed by atoms with E-state index in [2.05, 4.69) is 4.98 Å². The molecule has 2 aromatic rings. The highest BCUT2D eigenvalue weighted by Crippen LogP contribution is 2.39. The normalized spacial score (nSPS) is 18.5. The Hall–Kier alpha value is -2.43. The average Bonchev–Trinajstić information content (AvgIpc) is 2.63. The topological polar surface area (TPSA) is 42.4 Å². The Kier molecular flexibility index (Phi) is 4.15. The van der Waals surface area contributed by atoms with Crippen LogP contribution >= 0.6 is 0 Å². The lowest BCUT2D eigenvalue weighted by molar-refractivity contribution is -0.134. The Labute approximate surface area is 146 Å². The summed E-state index contributed by atoms with van der Waals surface area (Å²) in [6, 6.07) is 10.4. The molecule has 0 N–H and O–H groups in total. The molecule has 25 heavy (non-hydrogen) atoms. The fourth-order valence-electron chi connectivity index (χ4n) is 3.77. The first-order chi connectivity index (χ1) is 12.1. The van der Waals surface area contributed by atoms with Crippen molar-refractivity contribution in [3.8, 4) is 5.75 Å². The van der Waals surface area contributed by atoms with Gasteiger partial charge >= 0.3 is 0 Å². The molecule has 1 saturated heterocycles. The standard InChI is InChI=1S/C20H21FN2O2/c21-16-4-5-18-15(13-16)6-7-20(25-18)8-11-23(12-9-20)19(24)14-17-3-1-2-10-22-17/h1-5,10,13H,6-9,11-12,14H2. The number of hydrogen-bond acceptors (Lipinski definition) is 3. The zero-order chi connectivity index (χ0) is 17.3. The number of rotatable bonds is 2. The average molecular weight is 340 g/mol. The van der Waals surface area contributed by atoms with Crippen molar-refractivity contribution in [1.29, 1.82) is 0 Å². The molecule has 0 radical (unpaired) electrons. The van der Waals surface area contributed by atoms with Gasteiger partial charge in [-0.05, 0) is 48.7 Å². The number of aromatic nitrogens is 1. The molecule has 0 bridgehead atoms. The van der Waals surface area contributed by atoms with Crippen molar-refractivity contribution in [3.63, 3.8) is 0 Å². The predicted octanol–water partition coefficient (Wildman–Crippen LogP) is 3.15. The minimum absolute atomic E-state index is 0.117. The Bertz CT molecular complexity index is 771. The van der Waals surface area contributed by atoms with Crippen LogP contribution in [-0.2, 0) is 17.6 Å². The minimum Gasteiger partial charge on any atom is -0.487 e. The maximum absolute atomic E-state index is 13.3. The molecule has 1 aromatic carbocycles. The second-order valence-electron chi connectivity index (χ2n) is 6.92. The quantitative estimate of drug-likeness (QED) is 0.843. The van der Waals surface area contributed by atoms with Gasteiger partial charge in [-0.2, -0.15) is 0 Å². The maximum atomic E-state index is 13.3. The van der Waals surface area contributed by atoms with Crippen molar-refractivity contribution in [2.24, 2.45) is 0 Å². The smallest absolute Gasteiger partial charge is 0.228 e. The number of likely N-dealkylation sites (tertiary alicyclic amines) is 1. The number of carbonyl (C=O) groups excluding carboxylic acids is 1. The first-order valence-corrected chi connectivity index (χ1v) is 8.79. The fourth-order valence-corrected chi connectivity index (χ4v) is 3.77. The summed E-state index contributed by atoms with van der Waals surface area (Å²) in [4.78, 5) is 18.6. The highest BCUT2D eigenvalue weighted by Gasteiger charge is 2.40. The van der Waals surface area contributed by atoms with Gasteiger partial charge in [0, 0.05) is 37.8 Å². The third kappa shape index (κ3) is 3.36. The lowest BCUT2D eigenvalue weighted by atomic mass is 9.83. The summed E-state index contributed by atoms with van der Waals surface area (Å²) in [5.74, 6) is 0.695. The number of aryl methyl sites for hydroxylation is 1. The van der Waals surface area contributed by atoms with Gasteiger partial charge in [-0.15, -0.1) is 0 Å². The summed E-state index contributed by atoms with van der Waals surface area (Å²) in [6.07, 6.45) is 5.40. The van der Waals surface area contributed by atoms with Crippen LogP contribution in [0.5, 0.6) is 5.75 Å². The summed E-state index contributed by atoms with van der Waals surface area (Å²) in [5, 5.41) is 0. The molecule has 0 unspecified atom stereocenters. The molecule has 1 aromatic heterocycles. The van der Waals surface area contributed by atoms with Crippen LogP contribution in [0.15, 0.2) is 42.6 Å². The van der Waals surface area contributed by atoms with E-state index in [9.17, 15) is 9.18 Å². The number of benzene rings is 1. The molecule has 4 nitrogen and oxygen atoms in total. The van der Waals surface area contributed by atoms with Crippen LogP contribution in [0, 0.1) is 5.82 Å². The van der Waals surface area contributed by atoms with Gasteiger partial charge < -0.3 is 9.64 Å². The van der Waals surface area contributed by atoms with Crippen molar-refractivity contribution in [2.45, 2.75) is 37.7 Å². The predicted molar refractivity (Wildman–Crippen MR) is 91.8 cm³/mol. The highest BCUT2D eigenvalue weighted by atomic mass is 19.1. The summed E-state index contributed by atoms with van der Waals surface area (Å²) < 4.78 is 19.6. The van der Waals surface area contributed by atoms with E-state index in [1.807, 2.05) is 23.1 Å². The van der Waals surface area contributed by atoms with Crippen LogP contribution in [0.2, 0.25) is 0 Å². The number of hydrogen-bond donors (Lipinski definition) is 0. The molecule has 1 amide bonds. The van der Waals surface area contributed by atoms with Crippen molar-refractivity contribution < 1.29 is 13.9 Å². The molecule has 5 heteroatoms. The molecule has 2 aliphatic rings. The summed E-state index contributed by atoms with van der Waals surface area (Å²) in [6.45, 7) is 1.39. The van der Waals surface area contributed by atoms with Gasteiger partial charge in [0.15, 0.2) is 0 Å².